The van der Waals surface area contributed by atoms with E-state index in [4.69, 9.17) is 10.5 Å². The fraction of sp³-hybridized carbons (Fsp3) is 0.200. The molecular formula is C10H12N2O4. The van der Waals surface area contributed by atoms with Gasteiger partial charge in [-0.15, -0.1) is 0 Å². The number of primary amides is 1. The number of benzene rings is 1. The fourth-order valence-electron chi connectivity index (χ4n) is 0.883. The van der Waals surface area contributed by atoms with E-state index in [2.05, 4.69) is 4.84 Å². The van der Waals surface area contributed by atoms with Gasteiger partial charge in [0.2, 0.25) is 5.91 Å². The maximum atomic E-state index is 11.1. The number of ether oxygens (including phenoxy) is 1. The van der Waals surface area contributed by atoms with Crippen LogP contribution in [0.2, 0.25) is 0 Å². The SMILES string of the molecule is NC(=O)CONC(=O)COc1ccccc1. The van der Waals surface area contributed by atoms with E-state index in [9.17, 15) is 9.59 Å². The lowest BCUT2D eigenvalue weighted by molar-refractivity contribution is -0.139. The maximum Gasteiger partial charge on any atom is 0.281 e. The molecule has 0 atom stereocenters. The van der Waals surface area contributed by atoms with Gasteiger partial charge >= 0.3 is 0 Å². The average molecular weight is 224 g/mol. The second-order valence-electron chi connectivity index (χ2n) is 2.88. The Morgan fingerprint density at radius 3 is 2.50 bits per heavy atom. The molecule has 1 aromatic rings. The lowest BCUT2D eigenvalue weighted by atomic mass is 10.3. The van der Waals surface area contributed by atoms with E-state index in [1.54, 1.807) is 24.3 Å². The zero-order valence-corrected chi connectivity index (χ0v) is 8.51. The Bertz CT molecular complexity index is 353. The van der Waals surface area contributed by atoms with Crippen LogP contribution in [0.4, 0.5) is 0 Å². The molecule has 0 bridgehead atoms. The lowest BCUT2D eigenvalue weighted by Crippen LogP contribution is -2.32. The summed E-state index contributed by atoms with van der Waals surface area (Å²) in [6.45, 7) is -0.556. The normalized spacial score (nSPS) is 9.50. The highest BCUT2D eigenvalue weighted by Gasteiger charge is 2.03. The number of hydroxylamine groups is 1. The molecule has 2 amide bonds. The van der Waals surface area contributed by atoms with E-state index in [0.29, 0.717) is 5.75 Å². The molecular weight excluding hydrogens is 212 g/mol. The van der Waals surface area contributed by atoms with Crippen LogP contribution in [-0.2, 0) is 14.4 Å². The molecule has 1 aromatic carbocycles. The van der Waals surface area contributed by atoms with E-state index in [0.717, 1.165) is 0 Å². The van der Waals surface area contributed by atoms with Gasteiger partial charge in [0.25, 0.3) is 5.91 Å². The van der Waals surface area contributed by atoms with Gasteiger partial charge in [0.1, 0.15) is 5.75 Å². The predicted molar refractivity (Wildman–Crippen MR) is 55.2 cm³/mol. The van der Waals surface area contributed by atoms with Crippen molar-refractivity contribution in [2.24, 2.45) is 5.73 Å². The van der Waals surface area contributed by atoms with Crippen LogP contribution >= 0.6 is 0 Å². The Morgan fingerprint density at radius 2 is 1.88 bits per heavy atom. The van der Waals surface area contributed by atoms with Gasteiger partial charge < -0.3 is 10.5 Å². The second-order valence-corrected chi connectivity index (χ2v) is 2.88. The van der Waals surface area contributed by atoms with Gasteiger partial charge in [0.15, 0.2) is 13.2 Å². The highest BCUT2D eigenvalue weighted by Crippen LogP contribution is 2.07. The molecule has 0 spiro atoms. The quantitative estimate of drug-likeness (QED) is 0.643. The molecule has 6 nitrogen and oxygen atoms in total. The molecule has 0 saturated heterocycles. The smallest absolute Gasteiger partial charge is 0.281 e. The van der Waals surface area contributed by atoms with Gasteiger partial charge in [-0.2, -0.15) is 0 Å². The van der Waals surface area contributed by atoms with Crippen molar-refractivity contribution in [3.63, 3.8) is 0 Å². The molecule has 0 saturated carbocycles. The van der Waals surface area contributed by atoms with E-state index in [1.165, 1.54) is 0 Å². The summed E-state index contributed by atoms with van der Waals surface area (Å²) in [6.07, 6.45) is 0. The molecule has 0 heterocycles. The summed E-state index contributed by atoms with van der Waals surface area (Å²) in [6, 6.07) is 8.85. The summed E-state index contributed by atoms with van der Waals surface area (Å²) in [5.41, 5.74) is 6.82. The van der Waals surface area contributed by atoms with Gasteiger partial charge in [-0.1, -0.05) is 18.2 Å². The van der Waals surface area contributed by atoms with E-state index < -0.39 is 11.8 Å². The number of carbonyl (C=O) groups excluding carboxylic acids is 2. The third kappa shape index (κ3) is 4.97. The molecule has 86 valence electrons. The molecule has 0 aliphatic heterocycles. The molecule has 0 fully saturated rings. The molecule has 0 aliphatic carbocycles. The number of carbonyl (C=O) groups is 2. The van der Waals surface area contributed by atoms with Crippen LogP contribution in [0.5, 0.6) is 5.75 Å². The standard InChI is InChI=1S/C10H12N2O4/c11-9(13)6-16-12-10(14)7-15-8-4-2-1-3-5-8/h1-5H,6-7H2,(H2,11,13)(H,12,14). The number of nitrogens with two attached hydrogens (primary N) is 1. The Kier molecular flexibility index (Phi) is 4.81. The average Bonchev–Trinajstić information content (AvgIpc) is 2.27. The van der Waals surface area contributed by atoms with Crippen molar-refractivity contribution < 1.29 is 19.2 Å². The number of amides is 2. The van der Waals surface area contributed by atoms with Gasteiger partial charge in [0, 0.05) is 0 Å². The van der Waals surface area contributed by atoms with Gasteiger partial charge in [-0.05, 0) is 12.1 Å². The Labute approximate surface area is 92.3 Å². The van der Waals surface area contributed by atoms with Crippen LogP contribution in [0.15, 0.2) is 30.3 Å². The van der Waals surface area contributed by atoms with Crippen molar-refractivity contribution in [1.29, 1.82) is 0 Å². The van der Waals surface area contributed by atoms with Crippen LogP contribution in [0.25, 0.3) is 0 Å². The number of hydrogen-bond donors (Lipinski definition) is 2. The fourth-order valence-corrected chi connectivity index (χ4v) is 0.883. The minimum Gasteiger partial charge on any atom is -0.484 e. The molecule has 0 radical (unpaired) electrons. The highest BCUT2D eigenvalue weighted by atomic mass is 16.7. The number of nitrogens with one attached hydrogen (secondary N) is 1. The van der Waals surface area contributed by atoms with Gasteiger partial charge in [0.05, 0.1) is 0 Å². The summed E-state index contributed by atoms with van der Waals surface area (Å²) >= 11 is 0. The van der Waals surface area contributed by atoms with Crippen molar-refractivity contribution in [3.8, 4) is 5.75 Å². The monoisotopic (exact) mass is 224 g/mol. The summed E-state index contributed by atoms with van der Waals surface area (Å²) in [5, 5.41) is 0. The molecule has 16 heavy (non-hydrogen) atoms. The first-order valence-corrected chi connectivity index (χ1v) is 4.55. The number of hydrogen-bond acceptors (Lipinski definition) is 4. The zero-order chi connectivity index (χ0) is 11.8. The summed E-state index contributed by atoms with van der Waals surface area (Å²) < 4.78 is 5.12. The summed E-state index contributed by atoms with van der Waals surface area (Å²) in [7, 11) is 0. The third-order valence-corrected chi connectivity index (χ3v) is 1.51. The highest BCUT2D eigenvalue weighted by molar-refractivity contribution is 5.77. The van der Waals surface area contributed by atoms with Gasteiger partial charge in [-0.3, -0.25) is 14.4 Å². The minimum absolute atomic E-state index is 0.192. The van der Waals surface area contributed by atoms with Crippen molar-refractivity contribution in [3.05, 3.63) is 30.3 Å². The van der Waals surface area contributed by atoms with Crippen molar-refractivity contribution >= 4 is 11.8 Å². The third-order valence-electron chi connectivity index (χ3n) is 1.51. The van der Waals surface area contributed by atoms with E-state index >= 15 is 0 Å². The second kappa shape index (κ2) is 6.41. The first-order chi connectivity index (χ1) is 7.68. The Hall–Kier alpha value is -2.08. The minimum atomic E-state index is -0.663. The molecule has 3 N–H and O–H groups in total. The summed E-state index contributed by atoms with van der Waals surface area (Å²) in [4.78, 5) is 25.9. The Balaban J connectivity index is 2.18. The number of para-hydroxylation sites is 1. The van der Waals surface area contributed by atoms with Crippen molar-refractivity contribution in [2.45, 2.75) is 0 Å². The first-order valence-electron chi connectivity index (χ1n) is 4.55. The summed E-state index contributed by atoms with van der Waals surface area (Å²) in [5.74, 6) is -0.582. The molecule has 1 rings (SSSR count). The van der Waals surface area contributed by atoms with Crippen molar-refractivity contribution in [2.75, 3.05) is 13.2 Å². The van der Waals surface area contributed by atoms with E-state index in [-0.39, 0.29) is 13.2 Å². The molecule has 0 aromatic heterocycles. The maximum absolute atomic E-state index is 11.1. The van der Waals surface area contributed by atoms with Crippen LogP contribution in [0.3, 0.4) is 0 Å². The van der Waals surface area contributed by atoms with Gasteiger partial charge in [-0.25, -0.2) is 5.48 Å². The van der Waals surface area contributed by atoms with Crippen LogP contribution in [0.1, 0.15) is 0 Å². The lowest BCUT2D eigenvalue weighted by Gasteiger charge is -2.06. The van der Waals surface area contributed by atoms with Crippen LogP contribution < -0.4 is 16.0 Å². The number of rotatable bonds is 6. The molecule has 0 unspecified atom stereocenters. The largest absolute Gasteiger partial charge is 0.484 e. The van der Waals surface area contributed by atoms with E-state index in [1.807, 2.05) is 11.5 Å². The topological polar surface area (TPSA) is 90.7 Å². The zero-order valence-electron chi connectivity index (χ0n) is 8.51. The first kappa shape index (κ1) is 12.0. The molecule has 6 heteroatoms. The Morgan fingerprint density at radius 1 is 1.19 bits per heavy atom. The van der Waals surface area contributed by atoms with Crippen LogP contribution in [-0.4, -0.2) is 25.0 Å². The van der Waals surface area contributed by atoms with Crippen molar-refractivity contribution in [1.82, 2.24) is 5.48 Å². The molecule has 0 aliphatic rings. The predicted octanol–water partition coefficient (Wildman–Crippen LogP) is -0.401. The van der Waals surface area contributed by atoms with Crippen LogP contribution in [0, 0.1) is 0 Å².